The molecule has 0 aliphatic heterocycles. The van der Waals surface area contributed by atoms with Crippen LogP contribution < -0.4 is 14.8 Å². The Morgan fingerprint density at radius 3 is 1.95 bits per heavy atom. The van der Waals surface area contributed by atoms with Gasteiger partial charge in [0.2, 0.25) is 5.91 Å². The van der Waals surface area contributed by atoms with E-state index < -0.39 is 35.1 Å². The highest BCUT2D eigenvalue weighted by Crippen LogP contribution is 2.39. The highest BCUT2D eigenvalue weighted by atomic mass is 35.5. The van der Waals surface area contributed by atoms with Crippen LogP contribution in [0.1, 0.15) is 33.3 Å². The summed E-state index contributed by atoms with van der Waals surface area (Å²) in [6, 6.07) is 9.63. The molecule has 3 rings (SSSR count). The van der Waals surface area contributed by atoms with Gasteiger partial charge < -0.3 is 14.8 Å². The molecule has 0 spiro atoms. The van der Waals surface area contributed by atoms with Crippen LogP contribution in [0.5, 0.6) is 11.8 Å². The number of carbonyl (C=O) groups excluding carboxylic acids is 2. The molecule has 0 aliphatic rings. The highest BCUT2D eigenvalue weighted by molar-refractivity contribution is 6.33. The third-order valence-corrected chi connectivity index (χ3v) is 6.67. The van der Waals surface area contributed by atoms with Gasteiger partial charge in [-0.25, -0.2) is 4.98 Å². The molecule has 1 heterocycles. The SMILES string of the molecule is COc1nc(-c2ccc(OC(=O)C(C)(C)C(F)(F)F)cc2)nc(-c2cc(CNC(=O)C(C)(C)C(F)(F)F)ccc2Cl)n1. The van der Waals surface area contributed by atoms with Crippen molar-refractivity contribution in [1.29, 1.82) is 0 Å². The summed E-state index contributed by atoms with van der Waals surface area (Å²) < 4.78 is 89.0. The number of aromatic nitrogens is 3. The maximum absolute atomic E-state index is 13.2. The minimum absolute atomic E-state index is 0.0214. The Balaban J connectivity index is 1.88. The molecule has 0 aliphatic carbocycles. The van der Waals surface area contributed by atoms with Gasteiger partial charge in [-0.1, -0.05) is 17.7 Å². The van der Waals surface area contributed by atoms with E-state index in [-0.39, 0.29) is 40.5 Å². The van der Waals surface area contributed by atoms with Crippen LogP contribution in [0.15, 0.2) is 42.5 Å². The number of benzene rings is 2. The minimum atomic E-state index is -4.81. The molecular weight excluding hydrogens is 594 g/mol. The summed E-state index contributed by atoms with van der Waals surface area (Å²) in [5, 5.41) is 2.44. The maximum Gasteiger partial charge on any atom is 0.404 e. The lowest BCUT2D eigenvalue weighted by atomic mass is 9.91. The van der Waals surface area contributed by atoms with E-state index in [9.17, 15) is 35.9 Å². The molecule has 226 valence electrons. The second kappa shape index (κ2) is 11.7. The van der Waals surface area contributed by atoms with Crippen LogP contribution in [0, 0.1) is 10.8 Å². The van der Waals surface area contributed by atoms with Gasteiger partial charge in [0.15, 0.2) is 17.1 Å². The standard InChI is InChI=1S/C27H25ClF6N4O4/c1-24(2,26(29,30)31)21(39)35-13-14-6-11-18(28)17(12-14)20-36-19(37-23(38-20)41-5)15-7-9-16(10-8-15)42-22(40)25(3,4)27(32,33)34/h6-12H,13H2,1-5H3,(H,35,39). The van der Waals surface area contributed by atoms with Gasteiger partial charge in [0.25, 0.3) is 0 Å². The highest BCUT2D eigenvalue weighted by Gasteiger charge is 2.54. The molecule has 15 heteroatoms. The normalized spacial score (nSPS) is 12.6. The summed E-state index contributed by atoms with van der Waals surface area (Å²) in [6.07, 6.45) is -9.56. The smallest absolute Gasteiger partial charge is 0.404 e. The first-order valence-electron chi connectivity index (χ1n) is 12.1. The lowest BCUT2D eigenvalue weighted by Crippen LogP contribution is -2.46. The molecule has 0 bridgehead atoms. The van der Waals surface area contributed by atoms with Crippen LogP contribution in [0.25, 0.3) is 22.8 Å². The molecule has 42 heavy (non-hydrogen) atoms. The molecule has 0 unspecified atom stereocenters. The van der Waals surface area contributed by atoms with E-state index in [4.69, 9.17) is 21.1 Å². The van der Waals surface area contributed by atoms with Crippen molar-refractivity contribution in [3.8, 4) is 34.5 Å². The number of alkyl halides is 6. The van der Waals surface area contributed by atoms with Crippen molar-refractivity contribution < 1.29 is 45.4 Å². The Kier molecular flexibility index (Phi) is 9.11. The summed E-state index contributed by atoms with van der Waals surface area (Å²) >= 11 is 6.35. The Hall–Kier alpha value is -3.94. The van der Waals surface area contributed by atoms with Crippen molar-refractivity contribution in [2.24, 2.45) is 10.8 Å². The number of rotatable bonds is 8. The predicted molar refractivity (Wildman–Crippen MR) is 139 cm³/mol. The number of carbonyl (C=O) groups is 2. The van der Waals surface area contributed by atoms with Crippen LogP contribution in [0.2, 0.25) is 5.02 Å². The van der Waals surface area contributed by atoms with Crippen molar-refractivity contribution in [2.75, 3.05) is 7.11 Å². The van der Waals surface area contributed by atoms with Crippen molar-refractivity contribution in [2.45, 2.75) is 46.6 Å². The Labute approximate surface area is 241 Å². The van der Waals surface area contributed by atoms with Gasteiger partial charge in [-0.3, -0.25) is 9.59 Å². The van der Waals surface area contributed by atoms with Crippen molar-refractivity contribution in [3.63, 3.8) is 0 Å². The van der Waals surface area contributed by atoms with Gasteiger partial charge >= 0.3 is 24.3 Å². The molecule has 0 fully saturated rings. The largest absolute Gasteiger partial charge is 0.467 e. The van der Waals surface area contributed by atoms with Gasteiger partial charge in [-0.05, 0) is 69.7 Å². The van der Waals surface area contributed by atoms with E-state index in [0.29, 0.717) is 25.0 Å². The number of nitrogens with one attached hydrogen (secondary N) is 1. The summed E-state index contributed by atoms with van der Waals surface area (Å²) in [5.74, 6) is -2.76. The molecule has 0 atom stereocenters. The maximum atomic E-state index is 13.2. The third-order valence-electron chi connectivity index (χ3n) is 6.34. The fourth-order valence-corrected chi connectivity index (χ4v) is 3.31. The monoisotopic (exact) mass is 618 g/mol. The summed E-state index contributed by atoms with van der Waals surface area (Å²) in [6.45, 7) is 2.71. The molecule has 2 aromatic carbocycles. The lowest BCUT2D eigenvalue weighted by Gasteiger charge is -2.26. The fourth-order valence-electron chi connectivity index (χ4n) is 3.11. The molecule has 1 amide bonds. The Morgan fingerprint density at radius 1 is 0.833 bits per heavy atom. The molecule has 3 aromatic rings. The van der Waals surface area contributed by atoms with Crippen molar-refractivity contribution in [1.82, 2.24) is 20.3 Å². The number of hydrogen-bond acceptors (Lipinski definition) is 7. The van der Waals surface area contributed by atoms with E-state index in [1.54, 1.807) is 0 Å². The van der Waals surface area contributed by atoms with Gasteiger partial charge in [0.05, 0.1) is 12.1 Å². The fraction of sp³-hybridized carbons (Fsp3) is 0.370. The van der Waals surface area contributed by atoms with E-state index in [1.807, 2.05) is 0 Å². The van der Waals surface area contributed by atoms with Gasteiger partial charge in [-0.2, -0.15) is 36.3 Å². The number of nitrogens with zero attached hydrogens (tertiary/aromatic N) is 3. The molecule has 1 N–H and O–H groups in total. The molecule has 0 radical (unpaired) electrons. The summed E-state index contributed by atoms with van der Waals surface area (Å²) in [5.41, 5.74) is -4.34. The van der Waals surface area contributed by atoms with Crippen LogP contribution in [-0.2, 0) is 16.1 Å². The first-order chi connectivity index (χ1) is 19.3. The van der Waals surface area contributed by atoms with E-state index in [2.05, 4.69) is 20.3 Å². The average molecular weight is 619 g/mol. The van der Waals surface area contributed by atoms with Crippen molar-refractivity contribution >= 4 is 23.5 Å². The topological polar surface area (TPSA) is 103 Å². The molecule has 0 saturated heterocycles. The number of ether oxygens (including phenoxy) is 2. The van der Waals surface area contributed by atoms with Crippen molar-refractivity contribution in [3.05, 3.63) is 53.1 Å². The molecular formula is C27H25ClF6N4O4. The van der Waals surface area contributed by atoms with E-state index in [1.165, 1.54) is 49.6 Å². The zero-order valence-corrected chi connectivity index (χ0v) is 23.6. The number of methoxy groups -OCH3 is 1. The van der Waals surface area contributed by atoms with Crippen LogP contribution in [-0.4, -0.2) is 46.3 Å². The number of amides is 1. The third kappa shape index (κ3) is 6.92. The van der Waals surface area contributed by atoms with E-state index in [0.717, 1.165) is 13.8 Å². The number of hydrogen-bond donors (Lipinski definition) is 1. The summed E-state index contributed by atoms with van der Waals surface area (Å²) in [4.78, 5) is 37.0. The minimum Gasteiger partial charge on any atom is -0.467 e. The lowest BCUT2D eigenvalue weighted by molar-refractivity contribution is -0.219. The van der Waals surface area contributed by atoms with Gasteiger partial charge in [-0.15, -0.1) is 0 Å². The van der Waals surface area contributed by atoms with Crippen LogP contribution >= 0.6 is 11.6 Å². The summed E-state index contributed by atoms with van der Waals surface area (Å²) in [7, 11) is 1.30. The molecule has 0 saturated carbocycles. The quantitative estimate of drug-likeness (QED) is 0.173. The zero-order valence-electron chi connectivity index (χ0n) is 22.9. The van der Waals surface area contributed by atoms with Gasteiger partial charge in [0, 0.05) is 17.7 Å². The Morgan fingerprint density at radius 2 is 1.40 bits per heavy atom. The zero-order chi connectivity index (χ0) is 31.7. The number of halogens is 7. The Bertz CT molecular complexity index is 1470. The first-order valence-corrected chi connectivity index (χ1v) is 12.5. The van der Waals surface area contributed by atoms with Gasteiger partial charge in [0.1, 0.15) is 11.2 Å². The van der Waals surface area contributed by atoms with Crippen LogP contribution in [0.3, 0.4) is 0 Å². The molecule has 8 nitrogen and oxygen atoms in total. The predicted octanol–water partition coefficient (Wildman–Crippen LogP) is 6.57. The average Bonchev–Trinajstić information content (AvgIpc) is 2.91. The number of esters is 1. The molecule has 1 aromatic heterocycles. The second-order valence-corrected chi connectivity index (χ2v) is 10.5. The first kappa shape index (κ1) is 32.6. The second-order valence-electron chi connectivity index (χ2n) is 10.1. The van der Waals surface area contributed by atoms with Crippen LogP contribution in [0.4, 0.5) is 26.3 Å². The van der Waals surface area contributed by atoms with E-state index >= 15 is 0 Å².